The van der Waals surface area contributed by atoms with Crippen molar-refractivity contribution in [1.29, 1.82) is 0 Å². The minimum absolute atomic E-state index is 0.134. The molecular weight excluding hydrogens is 470 g/mol. The van der Waals surface area contributed by atoms with Crippen LogP contribution in [0, 0.1) is 23.2 Å². The molecule has 0 spiro atoms. The first-order valence-electron chi connectivity index (χ1n) is 11.3. The molecule has 2 aliphatic rings. The van der Waals surface area contributed by atoms with Crippen molar-refractivity contribution in [1.82, 2.24) is 0 Å². The van der Waals surface area contributed by atoms with Crippen molar-refractivity contribution in [2.75, 3.05) is 7.11 Å². The zero-order valence-electron chi connectivity index (χ0n) is 20.8. The van der Waals surface area contributed by atoms with Gasteiger partial charge in [-0.1, -0.05) is 13.3 Å². The van der Waals surface area contributed by atoms with E-state index in [1.165, 1.54) is 27.9 Å². The zero-order chi connectivity index (χ0) is 26.8. The van der Waals surface area contributed by atoms with Crippen LogP contribution in [-0.2, 0) is 19.0 Å². The summed E-state index contributed by atoms with van der Waals surface area (Å²) in [6.07, 6.45) is -11.6. The van der Waals surface area contributed by atoms with Crippen LogP contribution in [0.4, 0.5) is 31.1 Å². The number of halogens is 6. The third-order valence-electron chi connectivity index (χ3n) is 6.62. The van der Waals surface area contributed by atoms with E-state index in [1.807, 2.05) is 20.8 Å². The minimum atomic E-state index is -5.79. The van der Waals surface area contributed by atoms with Gasteiger partial charge >= 0.3 is 30.1 Å². The van der Waals surface area contributed by atoms with Crippen LogP contribution in [0.5, 0.6) is 0 Å². The molecular formula is C23H36F6O5. The van der Waals surface area contributed by atoms with Crippen LogP contribution in [0.15, 0.2) is 0 Å². The fraction of sp³-hybridized carbons (Fsp3) is 0.913. The average molecular weight is 507 g/mol. The van der Waals surface area contributed by atoms with Gasteiger partial charge in [0.05, 0.1) is 12.5 Å². The molecule has 0 aromatic heterocycles. The van der Waals surface area contributed by atoms with E-state index in [2.05, 4.69) is 14.2 Å². The summed E-state index contributed by atoms with van der Waals surface area (Å²) < 4.78 is 94.2. The van der Waals surface area contributed by atoms with Crippen LogP contribution < -0.4 is 0 Å². The maximum atomic E-state index is 13.5. The van der Waals surface area contributed by atoms with Gasteiger partial charge in [-0.15, -0.1) is 0 Å². The highest BCUT2D eigenvalue weighted by atomic mass is 19.4. The van der Waals surface area contributed by atoms with E-state index in [4.69, 9.17) is 0 Å². The molecule has 2 rings (SSSR count). The Balaban J connectivity index is 0.000000546. The molecule has 200 valence electrons. The summed E-state index contributed by atoms with van der Waals surface area (Å²) in [6, 6.07) is 0. The summed E-state index contributed by atoms with van der Waals surface area (Å²) >= 11 is 0. The number of fused-ring (bicyclic) bond motifs is 2. The monoisotopic (exact) mass is 506 g/mol. The standard InChI is InChI=1S/C16H22F6O3.C7H14O2/c1-13(2,3)24-12(23)25-14(15(17,18)19,16(20,21)22)8-11-7-9-4-5-10(11)6-9;1-5-7(2,3)6(8)9-4/h9-11H,4-8H2,1-3H3;5H2,1-4H3. The number of hydrogen-bond donors (Lipinski definition) is 0. The quantitative estimate of drug-likeness (QED) is 0.291. The van der Waals surface area contributed by atoms with E-state index in [0.717, 1.165) is 12.8 Å². The summed E-state index contributed by atoms with van der Waals surface area (Å²) in [7, 11) is 1.42. The van der Waals surface area contributed by atoms with Gasteiger partial charge in [-0.3, -0.25) is 4.79 Å². The van der Waals surface area contributed by atoms with Gasteiger partial charge in [-0.2, -0.15) is 26.3 Å². The van der Waals surface area contributed by atoms with E-state index in [0.29, 0.717) is 19.3 Å². The van der Waals surface area contributed by atoms with Gasteiger partial charge in [0.25, 0.3) is 0 Å². The first-order valence-corrected chi connectivity index (χ1v) is 11.3. The second-order valence-electron chi connectivity index (χ2n) is 10.8. The van der Waals surface area contributed by atoms with Crippen molar-refractivity contribution in [2.45, 2.75) is 104 Å². The number of esters is 1. The van der Waals surface area contributed by atoms with E-state index in [1.54, 1.807) is 0 Å². The van der Waals surface area contributed by atoms with Gasteiger partial charge in [-0.05, 0) is 78.1 Å². The van der Waals surface area contributed by atoms with Crippen LogP contribution in [-0.4, -0.2) is 42.8 Å². The van der Waals surface area contributed by atoms with E-state index >= 15 is 0 Å². The summed E-state index contributed by atoms with van der Waals surface area (Å²) in [6.45, 7) is 9.70. The minimum Gasteiger partial charge on any atom is -0.469 e. The predicted octanol–water partition coefficient (Wildman–Crippen LogP) is 7.22. The maximum absolute atomic E-state index is 13.5. The van der Waals surface area contributed by atoms with Crippen molar-refractivity contribution in [2.24, 2.45) is 23.2 Å². The third kappa shape index (κ3) is 7.41. The molecule has 0 aromatic carbocycles. The predicted molar refractivity (Wildman–Crippen MR) is 112 cm³/mol. The fourth-order valence-electron chi connectivity index (χ4n) is 4.38. The summed E-state index contributed by atoms with van der Waals surface area (Å²) in [5, 5.41) is 0. The topological polar surface area (TPSA) is 61.8 Å². The van der Waals surface area contributed by atoms with E-state index in [9.17, 15) is 35.9 Å². The number of carbonyl (C=O) groups is 2. The Morgan fingerprint density at radius 1 is 0.853 bits per heavy atom. The molecule has 0 aliphatic heterocycles. The first kappa shape index (κ1) is 30.4. The molecule has 0 amide bonds. The molecule has 0 N–H and O–H groups in total. The number of rotatable bonds is 5. The largest absolute Gasteiger partial charge is 0.510 e. The average Bonchev–Trinajstić information content (AvgIpc) is 3.27. The Morgan fingerprint density at radius 2 is 1.38 bits per heavy atom. The van der Waals surface area contributed by atoms with Crippen molar-refractivity contribution >= 4 is 12.1 Å². The molecule has 5 nitrogen and oxygen atoms in total. The molecule has 3 atom stereocenters. The molecule has 2 fully saturated rings. The summed E-state index contributed by atoms with van der Waals surface area (Å²) in [4.78, 5) is 22.5. The van der Waals surface area contributed by atoms with Crippen molar-refractivity contribution < 1.29 is 50.1 Å². The highest BCUT2D eigenvalue weighted by molar-refractivity contribution is 5.75. The van der Waals surface area contributed by atoms with Gasteiger partial charge in [0.1, 0.15) is 5.60 Å². The van der Waals surface area contributed by atoms with E-state index < -0.39 is 42.0 Å². The van der Waals surface area contributed by atoms with Crippen LogP contribution in [0.3, 0.4) is 0 Å². The molecule has 0 heterocycles. The molecule has 3 unspecified atom stereocenters. The summed E-state index contributed by atoms with van der Waals surface area (Å²) in [5.41, 5.74) is -6.13. The number of hydrogen-bond acceptors (Lipinski definition) is 5. The molecule has 0 radical (unpaired) electrons. The molecule has 2 saturated carbocycles. The smallest absolute Gasteiger partial charge is 0.469 e. The molecule has 0 aromatic rings. The van der Waals surface area contributed by atoms with Crippen LogP contribution in [0.25, 0.3) is 0 Å². The second-order valence-corrected chi connectivity index (χ2v) is 10.8. The lowest BCUT2D eigenvalue weighted by Gasteiger charge is -2.39. The van der Waals surface area contributed by atoms with Crippen molar-refractivity contribution in [3.8, 4) is 0 Å². The SMILES string of the molecule is CC(C)(C)OC(=O)OC(CC1CC2CCC1C2)(C(F)(F)F)C(F)(F)F.CCC(C)(C)C(=O)OC. The Bertz CT molecular complexity index is 694. The van der Waals surface area contributed by atoms with Crippen molar-refractivity contribution in [3.05, 3.63) is 0 Å². The summed E-state index contributed by atoms with van der Waals surface area (Å²) in [5.74, 6) is -0.929. The van der Waals surface area contributed by atoms with Gasteiger partial charge in [0.15, 0.2) is 0 Å². The lowest BCUT2D eigenvalue weighted by atomic mass is 9.79. The van der Waals surface area contributed by atoms with Crippen LogP contribution in [0.1, 0.15) is 80.1 Å². The number of methoxy groups -OCH3 is 1. The third-order valence-corrected chi connectivity index (χ3v) is 6.62. The van der Waals surface area contributed by atoms with Gasteiger partial charge in [0, 0.05) is 6.42 Å². The fourth-order valence-corrected chi connectivity index (χ4v) is 4.38. The zero-order valence-corrected chi connectivity index (χ0v) is 20.8. The number of alkyl halides is 6. The van der Waals surface area contributed by atoms with Crippen molar-refractivity contribution in [3.63, 3.8) is 0 Å². The normalized spacial score (nSPS) is 23.1. The van der Waals surface area contributed by atoms with Crippen LogP contribution >= 0.6 is 0 Å². The second kappa shape index (κ2) is 10.5. The Hall–Kier alpha value is -1.68. The van der Waals surface area contributed by atoms with E-state index in [-0.39, 0.29) is 23.2 Å². The Kier molecular flexibility index (Phi) is 9.39. The molecule has 11 heteroatoms. The maximum Gasteiger partial charge on any atom is 0.510 e. The van der Waals surface area contributed by atoms with Gasteiger partial charge in [0.2, 0.25) is 0 Å². The molecule has 0 saturated heterocycles. The lowest BCUT2D eigenvalue weighted by Crippen LogP contribution is -2.61. The van der Waals surface area contributed by atoms with Crippen LogP contribution in [0.2, 0.25) is 0 Å². The Labute approximate surface area is 196 Å². The number of carbonyl (C=O) groups excluding carboxylic acids is 2. The highest BCUT2D eigenvalue weighted by Gasteiger charge is 2.75. The highest BCUT2D eigenvalue weighted by Crippen LogP contribution is 2.56. The van der Waals surface area contributed by atoms with Gasteiger partial charge < -0.3 is 14.2 Å². The van der Waals surface area contributed by atoms with Gasteiger partial charge in [-0.25, -0.2) is 4.79 Å². The first-order chi connectivity index (χ1) is 15.2. The molecule has 34 heavy (non-hydrogen) atoms. The lowest BCUT2D eigenvalue weighted by molar-refractivity contribution is -0.374. The molecule has 2 aliphatic carbocycles. The number of ether oxygens (including phenoxy) is 3. The molecule has 2 bridgehead atoms. The Morgan fingerprint density at radius 3 is 1.68 bits per heavy atom.